The number of ether oxygens (including phenoxy) is 1. The first-order chi connectivity index (χ1) is 17.5. The van der Waals surface area contributed by atoms with E-state index in [2.05, 4.69) is 16.3 Å². The molecule has 1 unspecified atom stereocenters. The summed E-state index contributed by atoms with van der Waals surface area (Å²) in [4.78, 5) is 13.7. The molecule has 0 saturated heterocycles. The number of carbonyl (C=O) groups excluding carboxylic acids is 1. The molecule has 1 atom stereocenters. The molecule has 0 radical (unpaired) electrons. The van der Waals surface area contributed by atoms with Crippen molar-refractivity contribution in [3.63, 3.8) is 0 Å². The third-order valence-corrected chi connectivity index (χ3v) is 7.89. The van der Waals surface area contributed by atoms with Crippen molar-refractivity contribution in [3.05, 3.63) is 96.2 Å². The summed E-state index contributed by atoms with van der Waals surface area (Å²) in [6.45, 7) is 3.34. The Morgan fingerprint density at radius 3 is 2.59 bits per heavy atom. The lowest BCUT2D eigenvalue weighted by Crippen LogP contribution is -2.36. The molecular weight excluding hydrogens is 505 g/mol. The van der Waals surface area contributed by atoms with Crippen LogP contribution in [0.15, 0.2) is 84.4 Å². The fraction of sp³-hybridized carbons (Fsp3) is 0.148. The molecule has 6 nitrogen and oxygen atoms in total. The maximum atomic E-state index is 14.0. The minimum atomic E-state index is -4.89. The van der Waals surface area contributed by atoms with Gasteiger partial charge >= 0.3 is 12.1 Å². The highest BCUT2D eigenvalue weighted by Gasteiger charge is 2.40. The lowest BCUT2D eigenvalue weighted by Gasteiger charge is -2.20. The molecule has 1 heterocycles. The minimum absolute atomic E-state index is 0.0421. The van der Waals surface area contributed by atoms with Gasteiger partial charge in [0.25, 0.3) is 0 Å². The second-order valence-corrected chi connectivity index (χ2v) is 10.4. The monoisotopic (exact) mass is 526 g/mol. The summed E-state index contributed by atoms with van der Waals surface area (Å²) in [5.41, 5.74) is 1.40. The second kappa shape index (κ2) is 9.20. The topological polar surface area (TPSA) is 88.3 Å². The van der Waals surface area contributed by atoms with E-state index in [9.17, 15) is 26.4 Å². The fourth-order valence-corrected chi connectivity index (χ4v) is 6.35. The average Bonchev–Trinajstić information content (AvgIpc) is 3.48. The van der Waals surface area contributed by atoms with E-state index in [4.69, 9.17) is 4.74 Å². The van der Waals surface area contributed by atoms with Gasteiger partial charge in [0, 0.05) is 29.4 Å². The van der Waals surface area contributed by atoms with Gasteiger partial charge < -0.3 is 9.72 Å². The van der Waals surface area contributed by atoms with Crippen LogP contribution >= 0.6 is 0 Å². The molecule has 0 spiro atoms. The number of aromatic amines is 1. The van der Waals surface area contributed by atoms with Gasteiger partial charge in [0.2, 0.25) is 10.0 Å². The van der Waals surface area contributed by atoms with Crippen LogP contribution in [0.5, 0.6) is 5.75 Å². The van der Waals surface area contributed by atoms with Gasteiger partial charge in [-0.1, -0.05) is 30.8 Å². The van der Waals surface area contributed by atoms with Crippen molar-refractivity contribution < 1.29 is 31.1 Å². The molecule has 0 bridgehead atoms. The van der Waals surface area contributed by atoms with E-state index < -0.39 is 38.7 Å². The lowest BCUT2D eigenvalue weighted by molar-refractivity contribution is -0.139. The van der Waals surface area contributed by atoms with Gasteiger partial charge in [-0.25, -0.2) is 17.9 Å². The number of H-pyrrole nitrogens is 1. The normalized spacial score (nSPS) is 15.5. The number of fused-ring (bicyclic) bond motifs is 2. The Morgan fingerprint density at radius 2 is 1.84 bits per heavy atom. The molecule has 1 aliphatic carbocycles. The first-order valence-electron chi connectivity index (χ1n) is 11.3. The Balaban J connectivity index is 1.51. The largest absolute Gasteiger partial charge is 0.423 e. The molecule has 190 valence electrons. The van der Waals surface area contributed by atoms with E-state index in [0.29, 0.717) is 5.56 Å². The number of halogens is 3. The van der Waals surface area contributed by atoms with Crippen LogP contribution in [0, 0.1) is 0 Å². The summed E-state index contributed by atoms with van der Waals surface area (Å²) in [6.07, 6.45) is -1.66. The van der Waals surface area contributed by atoms with Crippen molar-refractivity contribution in [1.82, 2.24) is 9.71 Å². The smallest absolute Gasteiger partial charge is 0.417 e. The highest BCUT2D eigenvalue weighted by Crippen LogP contribution is 2.40. The van der Waals surface area contributed by atoms with E-state index in [1.165, 1.54) is 12.1 Å². The van der Waals surface area contributed by atoms with Crippen LogP contribution < -0.4 is 9.46 Å². The zero-order chi connectivity index (χ0) is 26.4. The third-order valence-electron chi connectivity index (χ3n) is 6.27. The van der Waals surface area contributed by atoms with Crippen LogP contribution in [0.4, 0.5) is 13.2 Å². The van der Waals surface area contributed by atoms with Gasteiger partial charge in [0.15, 0.2) is 0 Å². The van der Waals surface area contributed by atoms with E-state index in [1.807, 2.05) is 0 Å². The highest BCUT2D eigenvalue weighted by atomic mass is 32.2. The Hall–Kier alpha value is -3.89. The molecule has 0 aliphatic heterocycles. The number of sulfonamides is 1. The highest BCUT2D eigenvalue weighted by molar-refractivity contribution is 7.89. The Morgan fingerprint density at radius 1 is 1.05 bits per heavy atom. The lowest BCUT2D eigenvalue weighted by atomic mass is 10.0. The molecule has 37 heavy (non-hydrogen) atoms. The summed E-state index contributed by atoms with van der Waals surface area (Å²) in [7, 11) is -4.60. The van der Waals surface area contributed by atoms with Crippen molar-refractivity contribution in [2.45, 2.75) is 30.0 Å². The van der Waals surface area contributed by atoms with Crippen molar-refractivity contribution >= 4 is 26.9 Å². The van der Waals surface area contributed by atoms with Gasteiger partial charge in [0.1, 0.15) is 10.6 Å². The Labute approximate surface area is 210 Å². The average molecular weight is 527 g/mol. The minimum Gasteiger partial charge on any atom is -0.423 e. The van der Waals surface area contributed by atoms with Crippen LogP contribution in [0.3, 0.4) is 0 Å². The van der Waals surface area contributed by atoms with E-state index >= 15 is 0 Å². The fourth-order valence-electron chi connectivity index (χ4n) is 4.68. The number of esters is 1. The molecule has 0 fully saturated rings. The molecule has 0 amide bonds. The zero-order valence-electron chi connectivity index (χ0n) is 19.3. The SMILES string of the molecule is C=CC(=O)Oc1ccc2c(c1)CC(NS(=O)(=O)c1c(-c3ccc4[nH]ccc4c3)cccc1C(F)(F)F)C2. The van der Waals surface area contributed by atoms with Crippen molar-refractivity contribution in [1.29, 1.82) is 0 Å². The van der Waals surface area contributed by atoms with E-state index in [-0.39, 0.29) is 24.2 Å². The standard InChI is InChI=1S/C27H21F3N2O4S/c1-2-25(33)36-21-8-6-16-13-20(14-19(16)15-21)32-37(34,35)26-22(4-3-5-23(26)27(28,29)30)17-7-9-24-18(12-17)10-11-31-24/h2-12,15,20,31-32H,1,13-14H2. The number of hydrogen-bond acceptors (Lipinski definition) is 4. The summed E-state index contributed by atoms with van der Waals surface area (Å²) in [5, 5.41) is 0.741. The Bertz CT molecular complexity index is 1640. The zero-order valence-corrected chi connectivity index (χ0v) is 20.1. The van der Waals surface area contributed by atoms with E-state index in [0.717, 1.165) is 34.2 Å². The maximum absolute atomic E-state index is 14.0. The predicted octanol–water partition coefficient (Wildman–Crippen LogP) is 5.39. The molecule has 0 saturated carbocycles. The van der Waals surface area contributed by atoms with Gasteiger partial charge in [-0.05, 0) is 71.3 Å². The quantitative estimate of drug-likeness (QED) is 0.200. The summed E-state index contributed by atoms with van der Waals surface area (Å²) in [6, 6.07) is 14.3. The molecule has 5 rings (SSSR count). The second-order valence-electron chi connectivity index (χ2n) is 8.74. The molecule has 1 aliphatic rings. The molecule has 10 heteroatoms. The summed E-state index contributed by atoms with van der Waals surface area (Å²) < 4.78 is 76.9. The number of carbonyl (C=O) groups is 1. The van der Waals surface area contributed by atoms with Crippen LogP contribution in [-0.2, 0) is 33.8 Å². The van der Waals surface area contributed by atoms with Gasteiger partial charge in [-0.2, -0.15) is 13.2 Å². The van der Waals surface area contributed by atoms with Gasteiger partial charge in [-0.3, -0.25) is 0 Å². The number of hydrogen-bond donors (Lipinski definition) is 2. The molecule has 3 aromatic carbocycles. The number of aromatic nitrogens is 1. The van der Waals surface area contributed by atoms with Crippen molar-refractivity contribution in [3.8, 4) is 16.9 Å². The molecular formula is C27H21F3N2O4S. The molecule has 1 aromatic heterocycles. The van der Waals surface area contributed by atoms with Crippen molar-refractivity contribution in [2.75, 3.05) is 0 Å². The van der Waals surface area contributed by atoms with Crippen LogP contribution in [0.1, 0.15) is 16.7 Å². The van der Waals surface area contributed by atoms with Crippen LogP contribution in [0.25, 0.3) is 22.0 Å². The number of nitrogens with one attached hydrogen (secondary N) is 2. The van der Waals surface area contributed by atoms with E-state index in [1.54, 1.807) is 48.7 Å². The molecule has 4 aromatic rings. The number of benzene rings is 3. The van der Waals surface area contributed by atoms with Crippen LogP contribution in [-0.4, -0.2) is 25.4 Å². The number of alkyl halides is 3. The maximum Gasteiger partial charge on any atom is 0.417 e. The number of rotatable bonds is 6. The molecule has 2 N–H and O–H groups in total. The van der Waals surface area contributed by atoms with Gasteiger partial charge in [0.05, 0.1) is 5.56 Å². The summed E-state index contributed by atoms with van der Waals surface area (Å²) in [5.74, 6) is -0.360. The van der Waals surface area contributed by atoms with Gasteiger partial charge in [-0.15, -0.1) is 0 Å². The first-order valence-corrected chi connectivity index (χ1v) is 12.8. The summed E-state index contributed by atoms with van der Waals surface area (Å²) >= 11 is 0. The van der Waals surface area contributed by atoms with Crippen molar-refractivity contribution in [2.24, 2.45) is 0 Å². The first kappa shape index (κ1) is 24.8. The third kappa shape index (κ3) is 4.90. The van der Waals surface area contributed by atoms with Crippen LogP contribution in [0.2, 0.25) is 0 Å². The Kier molecular flexibility index (Phi) is 6.17. The predicted molar refractivity (Wildman–Crippen MR) is 133 cm³/mol.